The van der Waals surface area contributed by atoms with Gasteiger partial charge in [-0.05, 0) is 25.2 Å². The van der Waals surface area contributed by atoms with E-state index in [-0.39, 0.29) is 11.4 Å². The number of rotatable bonds is 5. The second kappa shape index (κ2) is 4.68. The van der Waals surface area contributed by atoms with E-state index in [9.17, 15) is 8.42 Å². The topological polar surface area (TPSA) is 76.5 Å². The van der Waals surface area contributed by atoms with Gasteiger partial charge in [-0.25, -0.2) is 12.7 Å². The van der Waals surface area contributed by atoms with Crippen molar-refractivity contribution in [3.05, 3.63) is 17.6 Å². The Hall–Kier alpha value is -0.850. The summed E-state index contributed by atoms with van der Waals surface area (Å²) in [6.45, 7) is 4.58. The molecule has 2 atom stereocenters. The van der Waals surface area contributed by atoms with Gasteiger partial charge in [0.2, 0.25) is 10.0 Å². The molecule has 2 rings (SSSR count). The van der Waals surface area contributed by atoms with Crippen LogP contribution in [-0.4, -0.2) is 26.3 Å². The van der Waals surface area contributed by atoms with E-state index in [1.165, 1.54) is 10.4 Å². The smallest absolute Gasteiger partial charge is 0.246 e. The molecule has 2 N–H and O–H groups in total. The van der Waals surface area contributed by atoms with Gasteiger partial charge in [0.1, 0.15) is 16.4 Å². The molecule has 0 spiro atoms. The molecule has 1 aromatic rings. The fourth-order valence-electron chi connectivity index (χ4n) is 2.13. The van der Waals surface area contributed by atoms with Crippen LogP contribution < -0.4 is 5.73 Å². The Bertz CT molecular complexity index is 536. The van der Waals surface area contributed by atoms with Crippen LogP contribution in [0.15, 0.2) is 15.4 Å². The second-order valence-electron chi connectivity index (χ2n) is 5.10. The van der Waals surface area contributed by atoms with Crippen molar-refractivity contribution >= 4 is 10.0 Å². The van der Waals surface area contributed by atoms with Crippen LogP contribution in [-0.2, 0) is 16.6 Å². The Morgan fingerprint density at radius 1 is 1.56 bits per heavy atom. The SMILES string of the molecule is Cc1oc(CN)cc1S(=O)(=O)N(C)CC1CC1C. The summed E-state index contributed by atoms with van der Waals surface area (Å²) in [5.74, 6) is 2.03. The number of hydrogen-bond acceptors (Lipinski definition) is 4. The van der Waals surface area contributed by atoms with Gasteiger partial charge in [0.05, 0.1) is 6.54 Å². The minimum atomic E-state index is -3.45. The monoisotopic (exact) mass is 272 g/mol. The molecular weight excluding hydrogens is 252 g/mol. The summed E-state index contributed by atoms with van der Waals surface area (Å²) in [4.78, 5) is 0.235. The molecule has 0 aliphatic heterocycles. The molecule has 1 saturated carbocycles. The van der Waals surface area contributed by atoms with Crippen molar-refractivity contribution in [2.24, 2.45) is 17.6 Å². The van der Waals surface area contributed by atoms with Crippen LogP contribution in [0.4, 0.5) is 0 Å². The largest absolute Gasteiger partial charge is 0.464 e. The van der Waals surface area contributed by atoms with Gasteiger partial charge in [0, 0.05) is 19.7 Å². The van der Waals surface area contributed by atoms with E-state index in [0.29, 0.717) is 29.9 Å². The summed E-state index contributed by atoms with van der Waals surface area (Å²) in [5, 5.41) is 0. The Labute approximate surface area is 108 Å². The Morgan fingerprint density at radius 3 is 2.61 bits per heavy atom. The van der Waals surface area contributed by atoms with Crippen molar-refractivity contribution < 1.29 is 12.8 Å². The lowest BCUT2D eigenvalue weighted by Crippen LogP contribution is -2.29. The maximum atomic E-state index is 12.4. The molecule has 102 valence electrons. The molecule has 0 saturated heterocycles. The molecule has 5 nitrogen and oxygen atoms in total. The van der Waals surface area contributed by atoms with Crippen LogP contribution in [0.3, 0.4) is 0 Å². The predicted molar refractivity (Wildman–Crippen MR) is 68.4 cm³/mol. The summed E-state index contributed by atoms with van der Waals surface area (Å²) in [6.07, 6.45) is 1.11. The van der Waals surface area contributed by atoms with Crippen molar-refractivity contribution in [2.75, 3.05) is 13.6 Å². The maximum Gasteiger partial charge on any atom is 0.246 e. The van der Waals surface area contributed by atoms with Crippen LogP contribution in [0, 0.1) is 18.8 Å². The maximum absolute atomic E-state index is 12.4. The Kier molecular flexibility index (Phi) is 3.53. The highest BCUT2D eigenvalue weighted by atomic mass is 32.2. The lowest BCUT2D eigenvalue weighted by atomic mass is 10.3. The molecule has 1 fully saturated rings. The summed E-state index contributed by atoms with van der Waals surface area (Å²) < 4.78 is 31.5. The molecule has 6 heteroatoms. The van der Waals surface area contributed by atoms with Crippen LogP contribution in [0.25, 0.3) is 0 Å². The van der Waals surface area contributed by atoms with Crippen molar-refractivity contribution in [3.63, 3.8) is 0 Å². The van der Waals surface area contributed by atoms with E-state index in [2.05, 4.69) is 6.92 Å². The minimum absolute atomic E-state index is 0.208. The zero-order chi connectivity index (χ0) is 13.5. The van der Waals surface area contributed by atoms with Crippen molar-refractivity contribution in [1.29, 1.82) is 0 Å². The number of aryl methyl sites for hydroxylation is 1. The highest BCUT2D eigenvalue weighted by molar-refractivity contribution is 7.89. The molecule has 0 amide bonds. The van der Waals surface area contributed by atoms with E-state index in [1.807, 2.05) is 0 Å². The van der Waals surface area contributed by atoms with E-state index < -0.39 is 10.0 Å². The first-order valence-corrected chi connectivity index (χ1v) is 7.56. The van der Waals surface area contributed by atoms with Crippen LogP contribution in [0.1, 0.15) is 24.9 Å². The molecule has 0 bridgehead atoms. The van der Waals surface area contributed by atoms with Gasteiger partial charge in [-0.3, -0.25) is 0 Å². The van der Waals surface area contributed by atoms with Crippen LogP contribution in [0.5, 0.6) is 0 Å². The summed E-state index contributed by atoms with van der Waals surface area (Å²) >= 11 is 0. The minimum Gasteiger partial charge on any atom is -0.464 e. The molecule has 1 aliphatic carbocycles. The molecule has 2 unspecified atom stereocenters. The zero-order valence-corrected chi connectivity index (χ0v) is 11.8. The standard InChI is InChI=1S/C12H20N2O3S/c1-8-4-10(8)7-14(3)18(15,16)12-5-11(6-13)17-9(12)2/h5,8,10H,4,6-7,13H2,1-3H3. The fraction of sp³-hybridized carbons (Fsp3) is 0.667. The number of hydrogen-bond donors (Lipinski definition) is 1. The summed E-state index contributed by atoms with van der Waals surface area (Å²) in [6, 6.07) is 1.53. The molecular formula is C12H20N2O3S. The molecule has 18 heavy (non-hydrogen) atoms. The molecule has 1 aromatic heterocycles. The second-order valence-corrected chi connectivity index (χ2v) is 7.11. The predicted octanol–water partition coefficient (Wildman–Crippen LogP) is 1.32. The quantitative estimate of drug-likeness (QED) is 0.877. The normalized spacial score (nSPS) is 23.6. The third kappa shape index (κ3) is 2.46. The van der Waals surface area contributed by atoms with Gasteiger partial charge in [0.25, 0.3) is 0 Å². The Balaban J connectivity index is 2.20. The summed E-state index contributed by atoms with van der Waals surface area (Å²) in [7, 11) is -1.83. The zero-order valence-electron chi connectivity index (χ0n) is 11.0. The number of furan rings is 1. The summed E-state index contributed by atoms with van der Waals surface area (Å²) in [5.41, 5.74) is 5.46. The van der Waals surface area contributed by atoms with Crippen LogP contribution in [0.2, 0.25) is 0 Å². The van der Waals surface area contributed by atoms with E-state index in [4.69, 9.17) is 10.2 Å². The molecule has 0 radical (unpaired) electrons. The van der Waals surface area contributed by atoms with Crippen molar-refractivity contribution in [2.45, 2.75) is 31.7 Å². The Morgan fingerprint density at radius 2 is 2.17 bits per heavy atom. The van der Waals surface area contributed by atoms with E-state index >= 15 is 0 Å². The lowest BCUT2D eigenvalue weighted by Gasteiger charge is -2.16. The first kappa shape index (κ1) is 13.6. The van der Waals surface area contributed by atoms with E-state index in [0.717, 1.165) is 6.42 Å². The average molecular weight is 272 g/mol. The van der Waals surface area contributed by atoms with Gasteiger partial charge < -0.3 is 10.2 Å². The highest BCUT2D eigenvalue weighted by Gasteiger charge is 2.37. The van der Waals surface area contributed by atoms with E-state index in [1.54, 1.807) is 14.0 Å². The number of nitrogens with two attached hydrogens (primary N) is 1. The third-order valence-electron chi connectivity index (χ3n) is 3.58. The molecule has 1 aliphatic rings. The van der Waals surface area contributed by atoms with Gasteiger partial charge in [0.15, 0.2) is 0 Å². The number of sulfonamides is 1. The van der Waals surface area contributed by atoms with Gasteiger partial charge in [-0.1, -0.05) is 6.92 Å². The average Bonchev–Trinajstić information content (AvgIpc) is 2.85. The van der Waals surface area contributed by atoms with Gasteiger partial charge in [-0.15, -0.1) is 0 Å². The highest BCUT2D eigenvalue weighted by Crippen LogP contribution is 2.39. The van der Waals surface area contributed by atoms with Crippen molar-refractivity contribution in [3.8, 4) is 0 Å². The van der Waals surface area contributed by atoms with Crippen molar-refractivity contribution in [1.82, 2.24) is 4.31 Å². The first-order valence-electron chi connectivity index (χ1n) is 6.12. The third-order valence-corrected chi connectivity index (χ3v) is 5.51. The number of nitrogens with zero attached hydrogens (tertiary/aromatic N) is 1. The van der Waals surface area contributed by atoms with Crippen LogP contribution >= 0.6 is 0 Å². The molecule has 0 aromatic carbocycles. The fourth-order valence-corrected chi connectivity index (χ4v) is 3.54. The molecule has 1 heterocycles. The van der Waals surface area contributed by atoms with Gasteiger partial charge in [-0.2, -0.15) is 0 Å². The lowest BCUT2D eigenvalue weighted by molar-refractivity contribution is 0.439. The first-order chi connectivity index (χ1) is 8.36. The van der Waals surface area contributed by atoms with Gasteiger partial charge >= 0.3 is 0 Å².